The van der Waals surface area contributed by atoms with E-state index in [4.69, 9.17) is 4.74 Å². The first-order valence-corrected chi connectivity index (χ1v) is 7.96. The second-order valence-corrected chi connectivity index (χ2v) is 6.95. The molecule has 0 aromatic heterocycles. The highest BCUT2D eigenvalue weighted by molar-refractivity contribution is 5.48. The number of allylic oxidation sites excluding steroid dienone is 2. The van der Waals surface area contributed by atoms with Gasteiger partial charge in [0.2, 0.25) is 0 Å². The summed E-state index contributed by atoms with van der Waals surface area (Å²) in [5, 5.41) is 0. The van der Waals surface area contributed by atoms with Crippen LogP contribution in [0, 0.1) is 0 Å². The molecule has 23 heavy (non-hydrogen) atoms. The lowest BCUT2D eigenvalue weighted by atomic mass is 9.83. The molecule has 2 aromatic rings. The van der Waals surface area contributed by atoms with Crippen molar-refractivity contribution in [3.8, 4) is 11.5 Å². The van der Waals surface area contributed by atoms with E-state index in [1.165, 1.54) is 0 Å². The number of rotatable bonds is 6. The zero-order valence-electron chi connectivity index (χ0n) is 14.6. The highest BCUT2D eigenvalue weighted by Crippen LogP contribution is 2.39. The zero-order chi connectivity index (χ0) is 17.1. The number of hydrogen-bond donors (Lipinski definition) is 0. The average Bonchev–Trinajstić information content (AvgIpc) is 2.55. The van der Waals surface area contributed by atoms with Gasteiger partial charge in [0, 0.05) is 22.0 Å². The van der Waals surface area contributed by atoms with Crippen LogP contribution in [0.1, 0.15) is 38.8 Å². The third-order valence-electron chi connectivity index (χ3n) is 4.40. The molecule has 0 amide bonds. The summed E-state index contributed by atoms with van der Waals surface area (Å²) in [5.74, 6) is 1.73. The zero-order valence-corrected chi connectivity index (χ0v) is 14.6. The van der Waals surface area contributed by atoms with Crippen molar-refractivity contribution < 1.29 is 4.74 Å². The predicted octanol–water partition coefficient (Wildman–Crippen LogP) is 6.41. The summed E-state index contributed by atoms with van der Waals surface area (Å²) < 4.78 is 6.32. The van der Waals surface area contributed by atoms with Crippen molar-refractivity contribution in [2.45, 2.75) is 38.5 Å². The quantitative estimate of drug-likeness (QED) is 0.561. The molecule has 0 spiro atoms. The van der Waals surface area contributed by atoms with Crippen LogP contribution in [0.5, 0.6) is 11.5 Å². The summed E-state index contributed by atoms with van der Waals surface area (Å²) in [6.07, 6.45) is 3.91. The maximum absolute atomic E-state index is 6.32. The topological polar surface area (TPSA) is 9.23 Å². The van der Waals surface area contributed by atoms with Crippen LogP contribution in [-0.4, -0.2) is 0 Å². The van der Waals surface area contributed by atoms with Gasteiger partial charge in [0.05, 0.1) is 0 Å². The van der Waals surface area contributed by atoms with E-state index in [1.807, 2.05) is 48.6 Å². The molecule has 2 aromatic carbocycles. The summed E-state index contributed by atoms with van der Waals surface area (Å²) in [7, 11) is 0. The Bertz CT molecular complexity index is 646. The molecular formula is C22H26O. The van der Waals surface area contributed by atoms with Gasteiger partial charge in [-0.05, 0) is 12.1 Å². The maximum Gasteiger partial charge on any atom is 0.131 e. The molecular weight excluding hydrogens is 280 g/mol. The van der Waals surface area contributed by atoms with Gasteiger partial charge in [-0.15, -0.1) is 13.2 Å². The first-order valence-electron chi connectivity index (χ1n) is 7.96. The standard InChI is InChI=1S/C22H26O/c1-7-21(3,4)17-13-9-11-15-19(17)23-20-16-12-10-14-18(20)22(5,6)8-2/h7-16H,1-2H2,3-6H3. The van der Waals surface area contributed by atoms with Crippen molar-refractivity contribution >= 4 is 0 Å². The summed E-state index contributed by atoms with van der Waals surface area (Å²) in [5.41, 5.74) is 1.95. The highest BCUT2D eigenvalue weighted by atomic mass is 16.5. The van der Waals surface area contributed by atoms with Gasteiger partial charge in [-0.25, -0.2) is 0 Å². The Labute approximate surface area is 140 Å². The molecule has 0 heterocycles. The largest absolute Gasteiger partial charge is 0.457 e. The second-order valence-electron chi connectivity index (χ2n) is 6.95. The minimum atomic E-state index is -0.153. The highest BCUT2D eigenvalue weighted by Gasteiger charge is 2.24. The number of hydrogen-bond acceptors (Lipinski definition) is 1. The summed E-state index contributed by atoms with van der Waals surface area (Å²) in [6.45, 7) is 16.5. The Kier molecular flexibility index (Phi) is 4.79. The van der Waals surface area contributed by atoms with Crippen molar-refractivity contribution in [2.24, 2.45) is 0 Å². The van der Waals surface area contributed by atoms with Gasteiger partial charge in [0.25, 0.3) is 0 Å². The number of benzene rings is 2. The second kappa shape index (κ2) is 6.45. The normalized spacial score (nSPS) is 11.8. The lowest BCUT2D eigenvalue weighted by Crippen LogP contribution is -2.16. The molecule has 0 N–H and O–H groups in total. The van der Waals surface area contributed by atoms with Crippen LogP contribution in [0.2, 0.25) is 0 Å². The molecule has 0 aliphatic rings. The van der Waals surface area contributed by atoms with Gasteiger partial charge < -0.3 is 4.74 Å². The number of ether oxygens (including phenoxy) is 1. The van der Waals surface area contributed by atoms with Crippen molar-refractivity contribution in [1.82, 2.24) is 0 Å². The Morgan fingerprint density at radius 3 is 1.39 bits per heavy atom. The summed E-state index contributed by atoms with van der Waals surface area (Å²) in [4.78, 5) is 0. The van der Waals surface area contributed by atoms with Crippen LogP contribution >= 0.6 is 0 Å². The SMILES string of the molecule is C=CC(C)(C)c1ccccc1Oc1ccccc1C(C)(C)C=C. The van der Waals surface area contributed by atoms with Gasteiger partial charge in [0.1, 0.15) is 11.5 Å². The molecule has 0 aliphatic carbocycles. The van der Waals surface area contributed by atoms with Crippen LogP contribution in [0.25, 0.3) is 0 Å². The smallest absolute Gasteiger partial charge is 0.131 e. The van der Waals surface area contributed by atoms with E-state index in [0.717, 1.165) is 22.6 Å². The molecule has 0 aliphatic heterocycles. The fraction of sp³-hybridized carbons (Fsp3) is 0.273. The van der Waals surface area contributed by atoms with Gasteiger partial charge in [-0.1, -0.05) is 76.2 Å². The molecule has 0 bridgehead atoms. The van der Waals surface area contributed by atoms with Gasteiger partial charge in [-0.2, -0.15) is 0 Å². The first-order chi connectivity index (χ1) is 10.8. The molecule has 1 nitrogen and oxygen atoms in total. The fourth-order valence-corrected chi connectivity index (χ4v) is 2.51. The fourth-order valence-electron chi connectivity index (χ4n) is 2.51. The van der Waals surface area contributed by atoms with Crippen LogP contribution in [0.4, 0.5) is 0 Å². The summed E-state index contributed by atoms with van der Waals surface area (Å²) in [6, 6.07) is 16.3. The minimum absolute atomic E-state index is 0.153. The Morgan fingerprint density at radius 2 is 1.04 bits per heavy atom. The average molecular weight is 306 g/mol. The minimum Gasteiger partial charge on any atom is -0.457 e. The van der Waals surface area contributed by atoms with E-state index >= 15 is 0 Å². The Hall–Kier alpha value is -2.28. The molecule has 1 heteroatoms. The lowest BCUT2D eigenvalue weighted by molar-refractivity contribution is 0.449. The molecule has 2 rings (SSSR count). The van der Waals surface area contributed by atoms with E-state index in [1.54, 1.807) is 0 Å². The van der Waals surface area contributed by atoms with Gasteiger partial charge in [0.15, 0.2) is 0 Å². The molecule has 0 radical (unpaired) electrons. The van der Waals surface area contributed by atoms with E-state index in [0.29, 0.717) is 0 Å². The van der Waals surface area contributed by atoms with Crippen LogP contribution in [-0.2, 0) is 10.8 Å². The van der Waals surface area contributed by atoms with Crippen LogP contribution in [0.15, 0.2) is 73.8 Å². The van der Waals surface area contributed by atoms with Crippen LogP contribution in [0.3, 0.4) is 0 Å². The third kappa shape index (κ3) is 3.56. The van der Waals surface area contributed by atoms with Gasteiger partial charge >= 0.3 is 0 Å². The molecule has 0 saturated heterocycles. The van der Waals surface area contributed by atoms with E-state index in [-0.39, 0.29) is 10.8 Å². The van der Waals surface area contributed by atoms with E-state index < -0.39 is 0 Å². The van der Waals surface area contributed by atoms with E-state index in [2.05, 4.69) is 53.0 Å². The van der Waals surface area contributed by atoms with Gasteiger partial charge in [-0.3, -0.25) is 0 Å². The lowest BCUT2D eigenvalue weighted by Gasteiger charge is -2.27. The molecule has 0 saturated carbocycles. The molecule has 0 atom stereocenters. The van der Waals surface area contributed by atoms with Crippen molar-refractivity contribution in [3.63, 3.8) is 0 Å². The van der Waals surface area contributed by atoms with Crippen molar-refractivity contribution in [3.05, 3.63) is 85.0 Å². The van der Waals surface area contributed by atoms with E-state index in [9.17, 15) is 0 Å². The predicted molar refractivity (Wildman–Crippen MR) is 99.4 cm³/mol. The monoisotopic (exact) mass is 306 g/mol. The number of para-hydroxylation sites is 2. The first kappa shape index (κ1) is 17.1. The van der Waals surface area contributed by atoms with Crippen LogP contribution < -0.4 is 4.74 Å². The van der Waals surface area contributed by atoms with Crippen molar-refractivity contribution in [1.29, 1.82) is 0 Å². The maximum atomic E-state index is 6.32. The third-order valence-corrected chi connectivity index (χ3v) is 4.40. The molecule has 0 unspecified atom stereocenters. The Balaban J connectivity index is 2.50. The van der Waals surface area contributed by atoms with Crippen molar-refractivity contribution in [2.75, 3.05) is 0 Å². The Morgan fingerprint density at radius 1 is 0.696 bits per heavy atom. The summed E-state index contributed by atoms with van der Waals surface area (Å²) >= 11 is 0. The molecule has 120 valence electrons. The molecule has 0 fully saturated rings.